The molecule has 6 nitrogen and oxygen atoms in total. The first-order chi connectivity index (χ1) is 17.8. The molecule has 7 heteroatoms. The topological polar surface area (TPSA) is 48.1 Å². The molecular formula is C30H35ClN4O2. The van der Waals surface area contributed by atoms with E-state index in [2.05, 4.69) is 51.1 Å². The van der Waals surface area contributed by atoms with Gasteiger partial charge in [-0.2, -0.15) is 0 Å². The Hall–Kier alpha value is -2.67. The number of piperazine rings is 1. The second kappa shape index (κ2) is 9.57. The van der Waals surface area contributed by atoms with Crippen molar-refractivity contribution < 1.29 is 4.74 Å². The molecular weight excluding hydrogens is 484 g/mol. The van der Waals surface area contributed by atoms with E-state index in [1.165, 1.54) is 22.4 Å². The Kier molecular flexibility index (Phi) is 6.38. The lowest BCUT2D eigenvalue weighted by Crippen LogP contribution is -2.46. The zero-order chi connectivity index (χ0) is 25.7. The Balaban J connectivity index is 1.19. The number of fused-ring (bicyclic) bond motifs is 4. The molecule has 0 amide bonds. The molecule has 0 saturated carbocycles. The fourth-order valence-corrected chi connectivity index (χ4v) is 6.28. The van der Waals surface area contributed by atoms with Gasteiger partial charge in [0.15, 0.2) is 0 Å². The highest BCUT2D eigenvalue weighted by Gasteiger charge is 2.48. The molecule has 0 N–H and O–H groups in total. The first-order valence-electron chi connectivity index (χ1n) is 13.4. The van der Waals surface area contributed by atoms with Gasteiger partial charge >= 0.3 is 0 Å². The number of anilines is 1. The lowest BCUT2D eigenvalue weighted by molar-refractivity contribution is 0.256. The number of hydrogen-bond donors (Lipinski definition) is 0. The van der Waals surface area contributed by atoms with Crippen LogP contribution in [0.4, 0.5) is 5.69 Å². The number of nitrogens with zero attached hydrogens (tertiary/aromatic N) is 4. The second-order valence-corrected chi connectivity index (χ2v) is 11.7. The maximum absolute atomic E-state index is 11.5. The van der Waals surface area contributed by atoms with Crippen LogP contribution in [0.15, 0.2) is 59.3 Å². The van der Waals surface area contributed by atoms with Gasteiger partial charge in [0.1, 0.15) is 17.9 Å². The predicted octanol–water partition coefficient (Wildman–Crippen LogP) is 5.63. The van der Waals surface area contributed by atoms with Gasteiger partial charge in [-0.15, -0.1) is 4.91 Å². The zero-order valence-corrected chi connectivity index (χ0v) is 22.7. The number of aryl methyl sites for hydroxylation is 1. The molecule has 2 aromatic carbocycles. The summed E-state index contributed by atoms with van der Waals surface area (Å²) in [5.74, 6) is 0.900. The van der Waals surface area contributed by atoms with Crippen LogP contribution in [0.25, 0.3) is 5.57 Å². The minimum absolute atomic E-state index is 0.315. The van der Waals surface area contributed by atoms with Gasteiger partial charge in [-0.05, 0) is 79.8 Å². The summed E-state index contributed by atoms with van der Waals surface area (Å²) in [6.45, 7) is 12.9. The largest absolute Gasteiger partial charge is 0.491 e. The van der Waals surface area contributed by atoms with Gasteiger partial charge < -0.3 is 9.64 Å². The highest BCUT2D eigenvalue weighted by atomic mass is 35.5. The van der Waals surface area contributed by atoms with Crippen LogP contribution in [0, 0.1) is 11.8 Å². The summed E-state index contributed by atoms with van der Waals surface area (Å²) in [6.07, 6.45) is 5.81. The fourth-order valence-electron chi connectivity index (χ4n) is 6.06. The Morgan fingerprint density at radius 2 is 1.95 bits per heavy atom. The lowest BCUT2D eigenvalue weighted by Gasteiger charge is -2.36. The summed E-state index contributed by atoms with van der Waals surface area (Å²) < 4.78 is 6.30. The van der Waals surface area contributed by atoms with E-state index in [0.29, 0.717) is 18.7 Å². The molecule has 2 aromatic rings. The zero-order valence-electron chi connectivity index (χ0n) is 21.9. The van der Waals surface area contributed by atoms with Crippen molar-refractivity contribution in [3.05, 3.63) is 80.7 Å². The van der Waals surface area contributed by atoms with Crippen LogP contribution in [0.2, 0.25) is 5.02 Å². The van der Waals surface area contributed by atoms with Crippen molar-refractivity contribution >= 4 is 22.9 Å². The molecule has 4 heterocycles. The van der Waals surface area contributed by atoms with Crippen molar-refractivity contribution in [1.82, 2.24) is 9.80 Å². The van der Waals surface area contributed by atoms with Crippen LogP contribution < -0.4 is 9.64 Å². The number of hydrogen-bond acceptors (Lipinski definition) is 6. The molecule has 4 aliphatic rings. The minimum atomic E-state index is -0.774. The highest BCUT2D eigenvalue weighted by Crippen LogP contribution is 2.46. The van der Waals surface area contributed by atoms with Gasteiger partial charge in [0, 0.05) is 61.6 Å². The molecule has 2 saturated heterocycles. The van der Waals surface area contributed by atoms with Gasteiger partial charge in [0.25, 0.3) is 0 Å². The summed E-state index contributed by atoms with van der Waals surface area (Å²) in [5.41, 5.74) is 6.41. The van der Waals surface area contributed by atoms with Gasteiger partial charge in [-0.3, -0.25) is 9.80 Å². The maximum atomic E-state index is 11.5. The first kappa shape index (κ1) is 24.7. The summed E-state index contributed by atoms with van der Waals surface area (Å²) in [6, 6.07) is 13.2. The van der Waals surface area contributed by atoms with E-state index >= 15 is 0 Å². The standard InChI is InChI=1S/C30H35ClN4O2/c1-20-15-22(31)7-8-27(20)34-13-11-33(12-14-34)10-4-5-24-25-17-23-18-35(23)28(25)19-37-29-9-6-21(16-26(24)29)30(2,3)32-36/h5-9,15-17,23,28H,4,10-14,18-19H2,1-3H3/b24-5+. The molecule has 0 radical (unpaired) electrons. The minimum Gasteiger partial charge on any atom is -0.491 e. The van der Waals surface area contributed by atoms with Crippen molar-refractivity contribution in [2.45, 2.75) is 44.8 Å². The molecule has 6 rings (SSSR count). The van der Waals surface area contributed by atoms with Crippen molar-refractivity contribution in [3.8, 4) is 5.75 Å². The molecule has 3 unspecified atom stereocenters. The highest BCUT2D eigenvalue weighted by molar-refractivity contribution is 6.30. The Bertz CT molecular complexity index is 1280. The molecule has 0 aliphatic carbocycles. The smallest absolute Gasteiger partial charge is 0.127 e. The van der Waals surface area contributed by atoms with Crippen LogP contribution in [0.5, 0.6) is 5.75 Å². The lowest BCUT2D eigenvalue weighted by atomic mass is 9.88. The summed E-state index contributed by atoms with van der Waals surface area (Å²) >= 11 is 6.16. The molecule has 194 valence electrons. The van der Waals surface area contributed by atoms with Crippen molar-refractivity contribution in [2.75, 3.05) is 50.8 Å². The van der Waals surface area contributed by atoms with E-state index < -0.39 is 5.54 Å². The normalized spacial score (nSPS) is 26.1. The number of halogens is 1. The summed E-state index contributed by atoms with van der Waals surface area (Å²) in [7, 11) is 0. The number of ether oxygens (including phenoxy) is 1. The maximum Gasteiger partial charge on any atom is 0.127 e. The molecule has 0 spiro atoms. The molecule has 2 fully saturated rings. The second-order valence-electron chi connectivity index (χ2n) is 11.2. The van der Waals surface area contributed by atoms with Crippen LogP contribution in [0.1, 0.15) is 37.0 Å². The average Bonchev–Trinajstić information content (AvgIpc) is 3.60. The van der Waals surface area contributed by atoms with E-state index in [1.54, 1.807) is 0 Å². The fraction of sp³-hybridized carbons (Fsp3) is 0.467. The predicted molar refractivity (Wildman–Crippen MR) is 151 cm³/mol. The van der Waals surface area contributed by atoms with Crippen molar-refractivity contribution in [1.29, 1.82) is 0 Å². The third-order valence-corrected chi connectivity index (χ3v) is 8.63. The Labute approximate surface area is 224 Å². The average molecular weight is 519 g/mol. The first-order valence-corrected chi connectivity index (χ1v) is 13.8. The van der Waals surface area contributed by atoms with E-state index in [9.17, 15) is 4.91 Å². The molecule has 4 aliphatic heterocycles. The number of benzene rings is 2. The van der Waals surface area contributed by atoms with Crippen LogP contribution >= 0.6 is 11.6 Å². The molecule has 3 atom stereocenters. The Morgan fingerprint density at radius 3 is 2.70 bits per heavy atom. The van der Waals surface area contributed by atoms with Gasteiger partial charge in [0.05, 0.1) is 6.04 Å². The van der Waals surface area contributed by atoms with Crippen LogP contribution in [0.3, 0.4) is 0 Å². The molecule has 0 bridgehead atoms. The van der Waals surface area contributed by atoms with Crippen molar-refractivity contribution in [2.24, 2.45) is 5.18 Å². The van der Waals surface area contributed by atoms with E-state index in [-0.39, 0.29) is 0 Å². The summed E-state index contributed by atoms with van der Waals surface area (Å²) in [4.78, 5) is 19.1. The van der Waals surface area contributed by atoms with E-state index in [0.717, 1.165) is 67.6 Å². The molecule has 37 heavy (non-hydrogen) atoms. The number of rotatable bonds is 6. The SMILES string of the molecule is Cc1cc(Cl)ccc1N1CCN(CC/C=C2\C3=CC4CN4C3COc3ccc(C(C)(C)N=O)cc32)CC1. The number of nitroso groups, excluding NO2 is 1. The van der Waals surface area contributed by atoms with Gasteiger partial charge in [0.2, 0.25) is 0 Å². The van der Waals surface area contributed by atoms with E-state index in [4.69, 9.17) is 16.3 Å². The third kappa shape index (κ3) is 4.71. The van der Waals surface area contributed by atoms with Crippen molar-refractivity contribution in [3.63, 3.8) is 0 Å². The van der Waals surface area contributed by atoms with Gasteiger partial charge in [-0.1, -0.05) is 35.0 Å². The quantitative estimate of drug-likeness (QED) is 0.366. The van der Waals surface area contributed by atoms with Crippen LogP contribution in [-0.4, -0.2) is 67.8 Å². The third-order valence-electron chi connectivity index (χ3n) is 8.40. The Morgan fingerprint density at radius 1 is 1.14 bits per heavy atom. The van der Waals surface area contributed by atoms with E-state index in [1.807, 2.05) is 38.1 Å². The molecule has 0 aromatic heterocycles. The van der Waals surface area contributed by atoms with Crippen LogP contribution in [-0.2, 0) is 5.54 Å². The van der Waals surface area contributed by atoms with Gasteiger partial charge in [-0.25, -0.2) is 0 Å². The monoisotopic (exact) mass is 518 g/mol. The summed E-state index contributed by atoms with van der Waals surface area (Å²) in [5, 5.41) is 4.18.